The molecule has 0 amide bonds. The molecule has 0 spiro atoms. The minimum atomic E-state index is 0.0742. The molecule has 0 fully saturated rings. The zero-order valence-electron chi connectivity index (χ0n) is 22.3. The van der Waals surface area contributed by atoms with E-state index in [0.717, 1.165) is 65.4 Å². The number of nitrogens with zero attached hydrogens (tertiary/aromatic N) is 3. The molecule has 5 heteroatoms. The van der Waals surface area contributed by atoms with Gasteiger partial charge in [-0.25, -0.2) is 4.98 Å². The van der Waals surface area contributed by atoms with Gasteiger partial charge in [-0.3, -0.25) is 9.20 Å². The summed E-state index contributed by atoms with van der Waals surface area (Å²) in [5.74, 6) is 7.41. The highest BCUT2D eigenvalue weighted by Crippen LogP contribution is 2.21. The summed E-state index contributed by atoms with van der Waals surface area (Å²) in [6.07, 6.45) is 5.06. The first-order chi connectivity index (χ1) is 18.0. The van der Waals surface area contributed by atoms with E-state index in [9.17, 15) is 4.79 Å². The van der Waals surface area contributed by atoms with E-state index in [2.05, 4.69) is 41.6 Å². The van der Waals surface area contributed by atoms with Gasteiger partial charge in [-0.15, -0.1) is 0 Å². The number of carbonyl (C=O) groups is 1. The Morgan fingerprint density at radius 3 is 2.62 bits per heavy atom. The number of ketones is 1. The number of hydrogen-bond donors (Lipinski definition) is 0. The van der Waals surface area contributed by atoms with Crippen LogP contribution in [-0.4, -0.2) is 46.3 Å². The highest BCUT2D eigenvalue weighted by molar-refractivity contribution is 5.98. The molecule has 0 N–H and O–H groups in total. The predicted octanol–water partition coefficient (Wildman–Crippen LogP) is 5.89. The van der Waals surface area contributed by atoms with Crippen LogP contribution in [0.25, 0.3) is 5.65 Å². The third kappa shape index (κ3) is 6.67. The van der Waals surface area contributed by atoms with Crippen LogP contribution in [0.4, 0.5) is 0 Å². The van der Waals surface area contributed by atoms with Gasteiger partial charge in [-0.2, -0.15) is 0 Å². The smallest absolute Gasteiger partial charge is 0.167 e. The second kappa shape index (κ2) is 12.4. The summed E-state index contributed by atoms with van der Waals surface area (Å²) in [6.45, 7) is 12.3. The number of aromatic nitrogens is 2. The third-order valence-electron chi connectivity index (χ3n) is 6.68. The second-order valence-electron chi connectivity index (χ2n) is 9.28. The van der Waals surface area contributed by atoms with Gasteiger partial charge in [0.15, 0.2) is 5.78 Å². The number of benzene rings is 2. The molecule has 2 aromatic carbocycles. The molecule has 0 saturated carbocycles. The zero-order valence-corrected chi connectivity index (χ0v) is 22.3. The second-order valence-corrected chi connectivity index (χ2v) is 9.28. The maximum Gasteiger partial charge on any atom is 0.167 e. The van der Waals surface area contributed by atoms with Crippen molar-refractivity contribution < 1.29 is 9.53 Å². The van der Waals surface area contributed by atoms with E-state index in [1.54, 1.807) is 6.20 Å². The average molecular weight is 494 g/mol. The third-order valence-corrected chi connectivity index (χ3v) is 6.68. The fraction of sp³-hybridized carbons (Fsp3) is 0.312. The van der Waals surface area contributed by atoms with Crippen molar-refractivity contribution in [1.29, 1.82) is 0 Å². The van der Waals surface area contributed by atoms with Crippen molar-refractivity contribution in [2.75, 3.05) is 26.2 Å². The molecule has 2 aromatic heterocycles. The van der Waals surface area contributed by atoms with Crippen molar-refractivity contribution in [2.45, 2.75) is 40.5 Å². The van der Waals surface area contributed by atoms with Crippen LogP contribution in [-0.2, 0) is 6.42 Å². The van der Waals surface area contributed by atoms with Gasteiger partial charge in [-0.1, -0.05) is 50.1 Å². The zero-order chi connectivity index (χ0) is 26.2. The van der Waals surface area contributed by atoms with Gasteiger partial charge in [0.25, 0.3) is 0 Å². The lowest BCUT2D eigenvalue weighted by Gasteiger charge is -2.18. The molecule has 0 unspecified atom stereocenters. The van der Waals surface area contributed by atoms with Crippen molar-refractivity contribution in [3.05, 3.63) is 101 Å². The van der Waals surface area contributed by atoms with E-state index < -0.39 is 0 Å². The molecule has 4 aromatic rings. The molecule has 0 aliphatic rings. The lowest BCUT2D eigenvalue weighted by molar-refractivity contribution is 0.0993. The average Bonchev–Trinajstić information content (AvgIpc) is 3.32. The molecule has 0 atom stereocenters. The van der Waals surface area contributed by atoms with Crippen LogP contribution in [0, 0.1) is 25.7 Å². The molecule has 4 rings (SSSR count). The van der Waals surface area contributed by atoms with Crippen LogP contribution < -0.4 is 4.74 Å². The normalized spacial score (nSPS) is 10.9. The summed E-state index contributed by atoms with van der Waals surface area (Å²) < 4.78 is 7.96. The summed E-state index contributed by atoms with van der Waals surface area (Å²) in [7, 11) is 0. The van der Waals surface area contributed by atoms with E-state index in [1.165, 1.54) is 0 Å². The lowest BCUT2D eigenvalue weighted by atomic mass is 9.98. The number of rotatable bonds is 10. The first-order valence-electron chi connectivity index (χ1n) is 13.0. The molecule has 5 nitrogen and oxygen atoms in total. The van der Waals surface area contributed by atoms with Crippen LogP contribution in [0.15, 0.2) is 67.0 Å². The number of Topliss-reactive ketones (excluding diaryl/α,β-unsaturated/α-hetero) is 1. The molecular weight excluding hydrogens is 458 g/mol. The predicted molar refractivity (Wildman–Crippen MR) is 149 cm³/mol. The van der Waals surface area contributed by atoms with Gasteiger partial charge in [0.05, 0.1) is 12.8 Å². The standard InChI is InChI=1S/C32H35N3O2/c1-5-34(6-2)17-9-19-37-31-16-12-26(20-25(31)4)21-30(36)28-13-11-24(3)27(22-28)14-15-29-23-33-32-10-7-8-18-35(29)32/h7-8,10-13,16,18,20,22-23H,5-6,9,17,19,21H2,1-4H3. The molecule has 0 aliphatic heterocycles. The number of imidazole rings is 1. The minimum Gasteiger partial charge on any atom is -0.493 e. The van der Waals surface area contributed by atoms with Crippen molar-refractivity contribution >= 4 is 11.4 Å². The van der Waals surface area contributed by atoms with Gasteiger partial charge < -0.3 is 9.64 Å². The van der Waals surface area contributed by atoms with Gasteiger partial charge >= 0.3 is 0 Å². The maximum atomic E-state index is 13.1. The number of hydrogen-bond acceptors (Lipinski definition) is 4. The number of carbonyl (C=O) groups excluding carboxylic acids is 1. The fourth-order valence-electron chi connectivity index (χ4n) is 4.37. The highest BCUT2D eigenvalue weighted by atomic mass is 16.5. The molecule has 0 saturated heterocycles. The van der Waals surface area contributed by atoms with Crippen molar-refractivity contribution in [3.63, 3.8) is 0 Å². The first-order valence-corrected chi connectivity index (χ1v) is 13.0. The monoisotopic (exact) mass is 493 g/mol. The largest absolute Gasteiger partial charge is 0.493 e. The molecule has 2 heterocycles. The molecule has 0 bridgehead atoms. The summed E-state index contributed by atoms with van der Waals surface area (Å²) in [5, 5.41) is 0. The highest BCUT2D eigenvalue weighted by Gasteiger charge is 2.11. The van der Waals surface area contributed by atoms with Crippen LogP contribution in [0.5, 0.6) is 5.75 Å². The topological polar surface area (TPSA) is 46.8 Å². The Labute approximate surface area is 220 Å². The van der Waals surface area contributed by atoms with Gasteiger partial charge in [0, 0.05) is 30.3 Å². The Morgan fingerprint density at radius 2 is 1.84 bits per heavy atom. The summed E-state index contributed by atoms with van der Waals surface area (Å²) in [6, 6.07) is 17.6. The van der Waals surface area contributed by atoms with Gasteiger partial charge in [-0.05, 0) is 80.2 Å². The molecule has 0 radical (unpaired) electrons. The van der Waals surface area contributed by atoms with Crippen LogP contribution in [0.1, 0.15) is 58.6 Å². The Hall–Kier alpha value is -3.88. The van der Waals surface area contributed by atoms with E-state index >= 15 is 0 Å². The van der Waals surface area contributed by atoms with Crippen molar-refractivity contribution in [1.82, 2.24) is 14.3 Å². The summed E-state index contributed by atoms with van der Waals surface area (Å²) in [5.41, 5.74) is 6.27. The number of aryl methyl sites for hydroxylation is 2. The Bertz CT molecular complexity index is 1440. The lowest BCUT2D eigenvalue weighted by Crippen LogP contribution is -2.25. The fourth-order valence-corrected chi connectivity index (χ4v) is 4.37. The number of ether oxygens (including phenoxy) is 1. The quantitative estimate of drug-likeness (QED) is 0.157. The molecule has 0 aliphatic carbocycles. The van der Waals surface area contributed by atoms with Crippen molar-refractivity contribution in [2.24, 2.45) is 0 Å². The number of fused-ring (bicyclic) bond motifs is 1. The van der Waals surface area contributed by atoms with Gasteiger partial charge in [0.2, 0.25) is 0 Å². The maximum absolute atomic E-state index is 13.1. The van der Waals surface area contributed by atoms with E-state index in [4.69, 9.17) is 4.74 Å². The summed E-state index contributed by atoms with van der Waals surface area (Å²) >= 11 is 0. The van der Waals surface area contributed by atoms with Crippen LogP contribution >= 0.6 is 0 Å². The van der Waals surface area contributed by atoms with Gasteiger partial charge in [0.1, 0.15) is 17.1 Å². The Morgan fingerprint density at radius 1 is 1.00 bits per heavy atom. The van der Waals surface area contributed by atoms with E-state index in [0.29, 0.717) is 18.6 Å². The molecule has 190 valence electrons. The SMILES string of the molecule is CCN(CC)CCCOc1ccc(CC(=O)c2ccc(C)c(C#Cc3cnc4ccccn34)c2)cc1C. The van der Waals surface area contributed by atoms with Crippen molar-refractivity contribution in [3.8, 4) is 17.6 Å². The van der Waals surface area contributed by atoms with E-state index in [-0.39, 0.29) is 5.78 Å². The summed E-state index contributed by atoms with van der Waals surface area (Å²) in [4.78, 5) is 19.9. The first kappa shape index (κ1) is 26.2. The molecule has 37 heavy (non-hydrogen) atoms. The van der Waals surface area contributed by atoms with Crippen LogP contribution in [0.3, 0.4) is 0 Å². The minimum absolute atomic E-state index is 0.0742. The number of pyridine rings is 1. The van der Waals surface area contributed by atoms with Crippen LogP contribution in [0.2, 0.25) is 0 Å². The Kier molecular flexibility index (Phi) is 8.77. The Balaban J connectivity index is 1.41. The molecular formula is C32H35N3O2. The van der Waals surface area contributed by atoms with E-state index in [1.807, 2.05) is 73.0 Å².